The third-order valence-electron chi connectivity index (χ3n) is 3.60. The number of rotatable bonds is 4. The Bertz CT molecular complexity index is 507. The van der Waals surface area contributed by atoms with Crippen molar-refractivity contribution in [2.45, 2.75) is 25.3 Å². The summed E-state index contributed by atoms with van der Waals surface area (Å²) >= 11 is 0. The van der Waals surface area contributed by atoms with E-state index in [0.29, 0.717) is 5.92 Å². The molecular weight excluding hydrogens is 226 g/mol. The molecule has 96 valence electrons. The zero-order valence-corrected chi connectivity index (χ0v) is 10.7. The molecule has 2 aromatic rings. The Kier molecular flexibility index (Phi) is 3.15. The molecule has 5 nitrogen and oxygen atoms in total. The predicted molar refractivity (Wildman–Crippen MR) is 69.4 cm³/mol. The number of nitrogens with one attached hydrogen (secondary N) is 1. The van der Waals surface area contributed by atoms with E-state index in [4.69, 9.17) is 0 Å². The minimum Gasteiger partial charge on any atom is -0.334 e. The fourth-order valence-corrected chi connectivity index (χ4v) is 2.60. The van der Waals surface area contributed by atoms with Crippen molar-refractivity contribution < 1.29 is 0 Å². The van der Waals surface area contributed by atoms with E-state index in [2.05, 4.69) is 26.0 Å². The van der Waals surface area contributed by atoms with Crippen LogP contribution in [0.1, 0.15) is 23.7 Å². The van der Waals surface area contributed by atoms with E-state index in [1.165, 1.54) is 12.1 Å². The van der Waals surface area contributed by atoms with Crippen LogP contribution in [0.4, 0.5) is 0 Å². The molecule has 0 aromatic carbocycles. The van der Waals surface area contributed by atoms with Crippen LogP contribution < -0.4 is 5.32 Å². The highest BCUT2D eigenvalue weighted by atomic mass is 15.2. The van der Waals surface area contributed by atoms with Crippen LogP contribution >= 0.6 is 0 Å². The molecule has 3 rings (SSSR count). The van der Waals surface area contributed by atoms with Crippen LogP contribution in [0, 0.1) is 0 Å². The van der Waals surface area contributed by atoms with Gasteiger partial charge in [-0.25, -0.2) is 4.98 Å². The van der Waals surface area contributed by atoms with Crippen molar-refractivity contribution in [1.82, 2.24) is 24.6 Å². The van der Waals surface area contributed by atoms with Crippen LogP contribution in [0.5, 0.6) is 0 Å². The Hall–Kier alpha value is -1.62. The highest BCUT2D eigenvalue weighted by molar-refractivity contribution is 5.10. The lowest BCUT2D eigenvalue weighted by molar-refractivity contribution is 0.602. The molecule has 1 fully saturated rings. The molecule has 18 heavy (non-hydrogen) atoms. The lowest BCUT2D eigenvalue weighted by atomic mass is 10.1. The van der Waals surface area contributed by atoms with Gasteiger partial charge in [0.15, 0.2) is 0 Å². The van der Waals surface area contributed by atoms with Gasteiger partial charge in [-0.2, -0.15) is 5.10 Å². The van der Waals surface area contributed by atoms with Crippen LogP contribution in [0.2, 0.25) is 0 Å². The largest absolute Gasteiger partial charge is 0.334 e. The van der Waals surface area contributed by atoms with Crippen molar-refractivity contribution in [1.29, 1.82) is 0 Å². The molecule has 1 atom stereocenters. The van der Waals surface area contributed by atoms with Crippen LogP contribution in [0.25, 0.3) is 0 Å². The van der Waals surface area contributed by atoms with Gasteiger partial charge in [-0.15, -0.1) is 0 Å². The fraction of sp³-hybridized carbons (Fsp3) is 0.538. The second kappa shape index (κ2) is 4.94. The summed E-state index contributed by atoms with van der Waals surface area (Å²) in [6.45, 7) is 3.16. The van der Waals surface area contributed by atoms with Gasteiger partial charge >= 0.3 is 0 Å². The summed E-state index contributed by atoms with van der Waals surface area (Å²) in [5, 5.41) is 7.82. The first kappa shape index (κ1) is 11.5. The second-order valence-corrected chi connectivity index (χ2v) is 4.93. The van der Waals surface area contributed by atoms with Crippen molar-refractivity contribution in [3.8, 4) is 0 Å². The topological polar surface area (TPSA) is 47.7 Å². The van der Waals surface area contributed by atoms with E-state index in [-0.39, 0.29) is 0 Å². The first-order valence-corrected chi connectivity index (χ1v) is 6.52. The molecule has 0 saturated carbocycles. The predicted octanol–water partition coefficient (Wildman–Crippen LogP) is 0.936. The fourth-order valence-electron chi connectivity index (χ4n) is 2.60. The molecule has 0 spiro atoms. The molecule has 1 saturated heterocycles. The standard InChI is InChI=1S/C13H19N5/c1-17-6-3-12(16-17)4-7-18-10-15-9-13(18)11-2-5-14-8-11/h3,6,9-11,14H,2,4-5,7-8H2,1H3. The molecule has 1 unspecified atom stereocenters. The number of aromatic nitrogens is 4. The first-order valence-electron chi connectivity index (χ1n) is 6.52. The highest BCUT2D eigenvalue weighted by Gasteiger charge is 2.19. The van der Waals surface area contributed by atoms with Crippen molar-refractivity contribution in [3.05, 3.63) is 36.2 Å². The highest BCUT2D eigenvalue weighted by Crippen LogP contribution is 2.21. The minimum atomic E-state index is 0.622. The van der Waals surface area contributed by atoms with Crippen LogP contribution in [0.3, 0.4) is 0 Å². The monoisotopic (exact) mass is 245 g/mol. The zero-order chi connectivity index (χ0) is 12.4. The molecule has 0 amide bonds. The van der Waals surface area contributed by atoms with Gasteiger partial charge in [-0.3, -0.25) is 4.68 Å². The van der Waals surface area contributed by atoms with Gasteiger partial charge in [0.25, 0.3) is 0 Å². The summed E-state index contributed by atoms with van der Waals surface area (Å²) < 4.78 is 4.12. The maximum Gasteiger partial charge on any atom is 0.0948 e. The normalized spacial score (nSPS) is 19.5. The minimum absolute atomic E-state index is 0.622. The smallest absolute Gasteiger partial charge is 0.0948 e. The summed E-state index contributed by atoms with van der Waals surface area (Å²) in [5.41, 5.74) is 2.50. The average Bonchev–Trinajstić information content (AvgIpc) is 3.07. The van der Waals surface area contributed by atoms with Crippen LogP contribution in [0.15, 0.2) is 24.8 Å². The lowest BCUT2D eigenvalue weighted by Crippen LogP contribution is -2.12. The molecule has 0 aliphatic carbocycles. The van der Waals surface area contributed by atoms with Gasteiger partial charge < -0.3 is 9.88 Å². The Morgan fingerprint density at radius 1 is 1.50 bits per heavy atom. The van der Waals surface area contributed by atoms with Crippen molar-refractivity contribution in [2.75, 3.05) is 13.1 Å². The lowest BCUT2D eigenvalue weighted by Gasteiger charge is -2.12. The SMILES string of the molecule is Cn1ccc(CCn2cncc2C2CCNC2)n1. The van der Waals surface area contributed by atoms with E-state index >= 15 is 0 Å². The van der Waals surface area contributed by atoms with E-state index in [0.717, 1.165) is 31.7 Å². The van der Waals surface area contributed by atoms with Gasteiger partial charge in [0, 0.05) is 50.6 Å². The number of imidazole rings is 1. The van der Waals surface area contributed by atoms with Crippen molar-refractivity contribution >= 4 is 0 Å². The van der Waals surface area contributed by atoms with Crippen LogP contribution in [-0.2, 0) is 20.0 Å². The van der Waals surface area contributed by atoms with Gasteiger partial charge in [0.05, 0.1) is 12.0 Å². The Balaban J connectivity index is 1.67. The van der Waals surface area contributed by atoms with Crippen molar-refractivity contribution in [3.63, 3.8) is 0 Å². The number of nitrogens with zero attached hydrogens (tertiary/aromatic N) is 4. The Labute approximate surface area is 107 Å². The molecule has 3 heterocycles. The van der Waals surface area contributed by atoms with E-state index in [1.807, 2.05) is 30.5 Å². The Morgan fingerprint density at radius 2 is 2.44 bits per heavy atom. The second-order valence-electron chi connectivity index (χ2n) is 4.93. The summed E-state index contributed by atoms with van der Waals surface area (Å²) in [6, 6.07) is 2.08. The maximum absolute atomic E-state index is 4.41. The van der Waals surface area contributed by atoms with E-state index in [1.54, 1.807) is 0 Å². The van der Waals surface area contributed by atoms with Gasteiger partial charge in [-0.05, 0) is 19.0 Å². The van der Waals surface area contributed by atoms with Crippen molar-refractivity contribution in [2.24, 2.45) is 7.05 Å². The summed E-state index contributed by atoms with van der Waals surface area (Å²) in [5.74, 6) is 0.622. The first-order chi connectivity index (χ1) is 8.83. The zero-order valence-electron chi connectivity index (χ0n) is 10.7. The summed E-state index contributed by atoms with van der Waals surface area (Å²) in [6.07, 6.45) is 8.12. The summed E-state index contributed by atoms with van der Waals surface area (Å²) in [4.78, 5) is 4.29. The quantitative estimate of drug-likeness (QED) is 0.872. The molecular formula is C13H19N5. The number of aryl methyl sites for hydroxylation is 3. The molecule has 1 N–H and O–H groups in total. The average molecular weight is 245 g/mol. The van der Waals surface area contributed by atoms with Gasteiger partial charge in [0.2, 0.25) is 0 Å². The van der Waals surface area contributed by atoms with Gasteiger partial charge in [0.1, 0.15) is 0 Å². The molecule has 1 aliphatic rings. The summed E-state index contributed by atoms with van der Waals surface area (Å²) in [7, 11) is 1.95. The van der Waals surface area contributed by atoms with E-state index < -0.39 is 0 Å². The third kappa shape index (κ3) is 2.31. The Morgan fingerprint density at radius 3 is 3.17 bits per heavy atom. The van der Waals surface area contributed by atoms with Crippen LogP contribution in [-0.4, -0.2) is 32.4 Å². The van der Waals surface area contributed by atoms with E-state index in [9.17, 15) is 0 Å². The van der Waals surface area contributed by atoms with Gasteiger partial charge in [-0.1, -0.05) is 0 Å². The maximum atomic E-state index is 4.41. The molecule has 0 radical (unpaired) electrons. The third-order valence-corrected chi connectivity index (χ3v) is 3.60. The number of hydrogen-bond acceptors (Lipinski definition) is 3. The molecule has 2 aromatic heterocycles. The number of hydrogen-bond donors (Lipinski definition) is 1. The molecule has 5 heteroatoms. The molecule has 0 bridgehead atoms. The molecule has 1 aliphatic heterocycles.